The molecule has 2 amide bonds. The summed E-state index contributed by atoms with van der Waals surface area (Å²) in [6.07, 6.45) is -4.98. The maximum Gasteiger partial charge on any atom is 0.490 e. The predicted octanol–water partition coefficient (Wildman–Crippen LogP) is 1.83. The monoisotopic (exact) mass is 504 g/mol. The average Bonchev–Trinajstić information content (AvgIpc) is 2.76. The van der Waals surface area contributed by atoms with E-state index < -0.39 is 47.4 Å². The van der Waals surface area contributed by atoms with E-state index in [4.69, 9.17) is 15.6 Å². The van der Waals surface area contributed by atoms with Gasteiger partial charge in [0.05, 0.1) is 12.0 Å². The van der Waals surface area contributed by atoms with E-state index in [2.05, 4.69) is 11.1 Å². The molecule has 0 aliphatic carbocycles. The van der Waals surface area contributed by atoms with E-state index in [9.17, 15) is 36.3 Å². The molecule has 0 bridgehead atoms. The van der Waals surface area contributed by atoms with E-state index >= 15 is 0 Å². The van der Waals surface area contributed by atoms with E-state index in [0.29, 0.717) is 5.56 Å². The number of primary amides is 1. The van der Waals surface area contributed by atoms with Crippen molar-refractivity contribution in [3.8, 4) is 11.1 Å². The molecule has 7 N–H and O–H groups in total. The number of alkyl halides is 3. The Morgan fingerprint density at radius 2 is 1.63 bits per heavy atom. The molecule has 35 heavy (non-hydrogen) atoms. The van der Waals surface area contributed by atoms with Crippen LogP contribution in [0.25, 0.3) is 11.1 Å². The van der Waals surface area contributed by atoms with Crippen molar-refractivity contribution >= 4 is 23.6 Å². The summed E-state index contributed by atoms with van der Waals surface area (Å²) < 4.78 is 59.7. The van der Waals surface area contributed by atoms with Gasteiger partial charge in [-0.15, -0.1) is 0 Å². The molecule has 0 aliphatic rings. The van der Waals surface area contributed by atoms with Crippen molar-refractivity contribution in [2.24, 2.45) is 5.73 Å². The molecule has 1 atom stereocenters. The standard InChI is InChI=1S/C20H21F2N3O3.C2HF3O2/c21-15-5-2-1-4-13(15)12-7-8-16(22)14(10-12)18(26)6-3-9-25-20(28)17(23)11-19(24)27;3-2(4,5)1(6)7/h1-2,4-5,7-8,10,17H,3,6,9,11,23H2,(H2,24,27)(H,25,28);(H,6,7)/p+1/t17-;/m0./s1. The molecule has 0 spiro atoms. The topological polar surface area (TPSA) is 154 Å². The largest absolute Gasteiger partial charge is 0.490 e. The molecule has 190 valence electrons. The number of carbonyl (C=O) groups is 4. The van der Waals surface area contributed by atoms with E-state index in [1.54, 1.807) is 18.2 Å². The van der Waals surface area contributed by atoms with Gasteiger partial charge < -0.3 is 21.9 Å². The lowest BCUT2D eigenvalue weighted by atomic mass is 9.98. The van der Waals surface area contributed by atoms with Crippen LogP contribution in [0, 0.1) is 11.6 Å². The van der Waals surface area contributed by atoms with Gasteiger partial charge in [-0.05, 0) is 30.2 Å². The Balaban J connectivity index is 0.000000762. The third-order valence-corrected chi connectivity index (χ3v) is 4.39. The molecule has 0 aliphatic heterocycles. The van der Waals surface area contributed by atoms with Crippen LogP contribution < -0.4 is 16.8 Å². The van der Waals surface area contributed by atoms with Crippen molar-refractivity contribution in [2.75, 3.05) is 6.54 Å². The minimum absolute atomic E-state index is 0.00441. The molecular weight excluding hydrogens is 481 g/mol. The summed E-state index contributed by atoms with van der Waals surface area (Å²) in [7, 11) is 0. The zero-order valence-electron chi connectivity index (χ0n) is 18.2. The number of ketones is 1. The van der Waals surface area contributed by atoms with Crippen molar-refractivity contribution < 1.29 is 52.0 Å². The molecule has 0 unspecified atom stereocenters. The Bertz CT molecular complexity index is 1080. The molecule has 0 radical (unpaired) electrons. The molecular formula is C22H23F5N3O5+. The number of nitrogens with one attached hydrogen (secondary N) is 1. The van der Waals surface area contributed by atoms with Gasteiger partial charge in [0, 0.05) is 18.5 Å². The van der Waals surface area contributed by atoms with Gasteiger partial charge in [0.25, 0.3) is 5.91 Å². The third kappa shape index (κ3) is 9.88. The van der Waals surface area contributed by atoms with Gasteiger partial charge in [0.2, 0.25) is 5.91 Å². The highest BCUT2D eigenvalue weighted by Crippen LogP contribution is 2.25. The quantitative estimate of drug-likeness (QED) is 0.233. The SMILES string of the molecule is NC(=O)C[C@H]([NH3+])C(=O)NCCCC(=O)c1cc(-c2ccccc2F)ccc1F.O=C(O)C(F)(F)F. The predicted molar refractivity (Wildman–Crippen MR) is 113 cm³/mol. The maximum absolute atomic E-state index is 14.1. The summed E-state index contributed by atoms with van der Waals surface area (Å²) in [5, 5.41) is 9.67. The maximum atomic E-state index is 14.1. The zero-order valence-corrected chi connectivity index (χ0v) is 18.2. The first-order valence-electron chi connectivity index (χ1n) is 10.0. The number of Topliss-reactive ketones (excluding diaryl/α,β-unsaturated/α-hetero) is 1. The number of nitrogens with two attached hydrogens (primary N) is 1. The first-order chi connectivity index (χ1) is 16.2. The highest BCUT2D eigenvalue weighted by Gasteiger charge is 2.38. The second kappa shape index (κ2) is 13.1. The number of hydrogen-bond acceptors (Lipinski definition) is 4. The summed E-state index contributed by atoms with van der Waals surface area (Å²) in [5.74, 6) is -5.43. The Labute approximate surface area is 196 Å². The van der Waals surface area contributed by atoms with Gasteiger partial charge in [-0.25, -0.2) is 13.6 Å². The number of carboxylic acids is 1. The fourth-order valence-electron chi connectivity index (χ4n) is 2.68. The van der Waals surface area contributed by atoms with E-state index in [1.807, 2.05) is 0 Å². The van der Waals surface area contributed by atoms with Crippen molar-refractivity contribution in [2.45, 2.75) is 31.5 Å². The van der Waals surface area contributed by atoms with Gasteiger partial charge in [-0.1, -0.05) is 24.3 Å². The number of rotatable bonds is 9. The van der Waals surface area contributed by atoms with Crippen LogP contribution in [0.1, 0.15) is 29.6 Å². The summed E-state index contributed by atoms with van der Waals surface area (Å²) in [6.45, 7) is 0.171. The second-order valence-electron chi connectivity index (χ2n) is 7.16. The normalized spacial score (nSPS) is 11.6. The highest BCUT2D eigenvalue weighted by molar-refractivity contribution is 5.97. The van der Waals surface area contributed by atoms with Crippen molar-refractivity contribution in [1.82, 2.24) is 5.32 Å². The van der Waals surface area contributed by atoms with Crippen LogP contribution in [0.2, 0.25) is 0 Å². The number of aliphatic carboxylic acids is 1. The van der Waals surface area contributed by atoms with Crippen LogP contribution in [-0.4, -0.2) is 47.4 Å². The summed E-state index contributed by atoms with van der Waals surface area (Å²) in [5.41, 5.74) is 9.10. The lowest BCUT2D eigenvalue weighted by Crippen LogP contribution is -2.68. The number of carboxylic acid groups (broad SMARTS) is 1. The van der Waals surface area contributed by atoms with Crippen LogP contribution in [0.4, 0.5) is 22.0 Å². The van der Waals surface area contributed by atoms with Gasteiger partial charge in [0.1, 0.15) is 11.6 Å². The van der Waals surface area contributed by atoms with Crippen LogP contribution in [0.3, 0.4) is 0 Å². The Morgan fingerprint density at radius 3 is 2.17 bits per heavy atom. The first-order valence-corrected chi connectivity index (χ1v) is 10.0. The van der Waals surface area contributed by atoms with Crippen molar-refractivity contribution in [3.05, 3.63) is 59.7 Å². The minimum Gasteiger partial charge on any atom is -0.475 e. The van der Waals surface area contributed by atoms with E-state index in [0.717, 1.165) is 6.07 Å². The summed E-state index contributed by atoms with van der Waals surface area (Å²) in [6, 6.07) is 9.11. The van der Waals surface area contributed by atoms with Gasteiger partial charge >= 0.3 is 12.1 Å². The molecule has 2 rings (SSSR count). The average molecular weight is 504 g/mol. The molecule has 0 aromatic heterocycles. The van der Waals surface area contributed by atoms with E-state index in [-0.39, 0.29) is 36.9 Å². The molecule has 0 saturated heterocycles. The lowest BCUT2D eigenvalue weighted by Gasteiger charge is -2.09. The van der Waals surface area contributed by atoms with Crippen molar-refractivity contribution in [3.63, 3.8) is 0 Å². The number of hydrogen-bond donors (Lipinski definition) is 4. The van der Waals surface area contributed by atoms with Crippen LogP contribution in [-0.2, 0) is 14.4 Å². The molecule has 2 aromatic carbocycles. The Kier molecular flexibility index (Phi) is 10.9. The summed E-state index contributed by atoms with van der Waals surface area (Å²) >= 11 is 0. The van der Waals surface area contributed by atoms with Crippen molar-refractivity contribution in [1.29, 1.82) is 0 Å². The molecule has 8 nitrogen and oxygen atoms in total. The highest BCUT2D eigenvalue weighted by atomic mass is 19.4. The fourth-order valence-corrected chi connectivity index (χ4v) is 2.68. The summed E-state index contributed by atoms with van der Waals surface area (Å²) in [4.78, 5) is 43.7. The number of benzene rings is 2. The smallest absolute Gasteiger partial charge is 0.475 e. The fraction of sp³-hybridized carbons (Fsp3) is 0.273. The second-order valence-corrected chi connectivity index (χ2v) is 7.16. The number of carbonyl (C=O) groups excluding carboxylic acids is 3. The zero-order chi connectivity index (χ0) is 26.8. The molecule has 0 saturated carbocycles. The molecule has 0 heterocycles. The van der Waals surface area contributed by atoms with Gasteiger partial charge in [-0.3, -0.25) is 14.4 Å². The minimum atomic E-state index is -5.08. The Morgan fingerprint density at radius 1 is 1.03 bits per heavy atom. The molecule has 0 fully saturated rings. The molecule has 2 aromatic rings. The third-order valence-electron chi connectivity index (χ3n) is 4.39. The number of amides is 2. The van der Waals surface area contributed by atoms with E-state index in [1.165, 1.54) is 18.2 Å². The number of quaternary nitrogens is 1. The number of halogens is 5. The van der Waals surface area contributed by atoms with Crippen LogP contribution in [0.5, 0.6) is 0 Å². The lowest BCUT2D eigenvalue weighted by molar-refractivity contribution is -0.402. The van der Waals surface area contributed by atoms with Gasteiger partial charge in [-0.2, -0.15) is 13.2 Å². The first kappa shape index (κ1) is 29.2. The Hall–Kier alpha value is -3.87. The van der Waals surface area contributed by atoms with Crippen LogP contribution in [0.15, 0.2) is 42.5 Å². The van der Waals surface area contributed by atoms with Crippen LogP contribution >= 0.6 is 0 Å². The van der Waals surface area contributed by atoms with Gasteiger partial charge in [0.15, 0.2) is 11.8 Å². The molecule has 13 heteroatoms.